The van der Waals surface area contributed by atoms with E-state index >= 15 is 0 Å². The van der Waals surface area contributed by atoms with Gasteiger partial charge in [0.2, 0.25) is 0 Å². The lowest BCUT2D eigenvalue weighted by Crippen LogP contribution is -2.41. The third-order valence-electron chi connectivity index (χ3n) is 3.16. The highest BCUT2D eigenvalue weighted by Crippen LogP contribution is 2.36. The zero-order chi connectivity index (χ0) is 13.3. The first-order valence-corrected chi connectivity index (χ1v) is 5.85. The molecule has 1 heterocycles. The topological polar surface area (TPSA) is 44.8 Å². The summed E-state index contributed by atoms with van der Waals surface area (Å²) in [4.78, 5) is 10.7. The van der Waals surface area contributed by atoms with Crippen LogP contribution in [0.2, 0.25) is 0 Å². The minimum absolute atomic E-state index is 0.272. The minimum atomic E-state index is -0.391. The molecule has 1 fully saturated rings. The highest BCUT2D eigenvalue weighted by Gasteiger charge is 2.50. The van der Waals surface area contributed by atoms with Gasteiger partial charge in [0, 0.05) is 6.92 Å². The van der Waals surface area contributed by atoms with Crippen LogP contribution in [-0.2, 0) is 18.8 Å². The van der Waals surface area contributed by atoms with Gasteiger partial charge in [-0.05, 0) is 34.6 Å². The van der Waals surface area contributed by atoms with Gasteiger partial charge in [-0.15, -0.1) is 0 Å². The molecule has 1 rings (SSSR count). The van der Waals surface area contributed by atoms with E-state index < -0.39 is 7.12 Å². The fourth-order valence-corrected chi connectivity index (χ4v) is 1.52. The summed E-state index contributed by atoms with van der Waals surface area (Å²) >= 11 is 0. The molecule has 0 saturated carbocycles. The fourth-order valence-electron chi connectivity index (χ4n) is 1.52. The predicted octanol–water partition coefficient (Wildman–Crippen LogP) is 2.13. The zero-order valence-electron chi connectivity index (χ0n) is 11.4. The van der Waals surface area contributed by atoms with E-state index in [1.54, 1.807) is 19.0 Å². The van der Waals surface area contributed by atoms with Crippen LogP contribution in [0.1, 0.15) is 41.5 Å². The summed E-state index contributed by atoms with van der Waals surface area (Å²) in [6, 6.07) is 0. The van der Waals surface area contributed by atoms with Crippen molar-refractivity contribution in [2.45, 2.75) is 58.8 Å². The molecular weight excluding hydrogens is 219 g/mol. The third-order valence-corrected chi connectivity index (χ3v) is 3.16. The molecule has 0 unspecified atom stereocenters. The summed E-state index contributed by atoms with van der Waals surface area (Å²) in [7, 11) is -0.391. The normalized spacial score (nSPS) is 24.0. The largest absolute Gasteiger partial charge is 0.486 e. The molecule has 0 bridgehead atoms. The van der Waals surface area contributed by atoms with E-state index in [2.05, 4.69) is 0 Å². The van der Waals surface area contributed by atoms with Gasteiger partial charge in [0.1, 0.15) is 6.10 Å². The molecule has 0 N–H and O–H groups in total. The number of rotatable bonds is 3. The number of hydrogen-bond donors (Lipinski definition) is 0. The first-order chi connectivity index (χ1) is 7.64. The van der Waals surface area contributed by atoms with Gasteiger partial charge in [0.15, 0.2) is 0 Å². The molecule has 0 amide bonds. The van der Waals surface area contributed by atoms with Crippen LogP contribution in [-0.4, -0.2) is 30.4 Å². The van der Waals surface area contributed by atoms with Gasteiger partial charge in [-0.3, -0.25) is 4.79 Å². The molecule has 4 nitrogen and oxygen atoms in total. The molecule has 17 heavy (non-hydrogen) atoms. The molecule has 5 heteroatoms. The quantitative estimate of drug-likeness (QED) is 0.560. The molecule has 0 aromatic carbocycles. The highest BCUT2D eigenvalue weighted by atomic mass is 16.7. The van der Waals surface area contributed by atoms with E-state index in [4.69, 9.17) is 14.0 Å². The zero-order valence-corrected chi connectivity index (χ0v) is 11.4. The highest BCUT2D eigenvalue weighted by molar-refractivity contribution is 6.51. The van der Waals surface area contributed by atoms with Crippen LogP contribution in [0.15, 0.2) is 12.1 Å². The van der Waals surface area contributed by atoms with Crippen LogP contribution >= 0.6 is 0 Å². The Morgan fingerprint density at radius 3 is 2.12 bits per heavy atom. The van der Waals surface area contributed by atoms with Crippen molar-refractivity contribution in [1.82, 2.24) is 0 Å². The van der Waals surface area contributed by atoms with Gasteiger partial charge < -0.3 is 14.0 Å². The smallest absolute Gasteiger partial charge is 0.459 e. The van der Waals surface area contributed by atoms with E-state index in [9.17, 15) is 4.79 Å². The molecule has 1 atom stereocenters. The van der Waals surface area contributed by atoms with Crippen molar-refractivity contribution in [3.63, 3.8) is 0 Å². The van der Waals surface area contributed by atoms with Gasteiger partial charge in [0.05, 0.1) is 11.2 Å². The van der Waals surface area contributed by atoms with Crippen LogP contribution in [0.3, 0.4) is 0 Å². The lowest BCUT2D eigenvalue weighted by atomic mass is 9.89. The molecule has 0 aromatic rings. The number of carbonyl (C=O) groups excluding carboxylic acids is 1. The Kier molecular flexibility index (Phi) is 4.04. The van der Waals surface area contributed by atoms with Gasteiger partial charge in [-0.1, -0.05) is 12.1 Å². The van der Waals surface area contributed by atoms with Gasteiger partial charge in [-0.2, -0.15) is 0 Å². The van der Waals surface area contributed by atoms with Crippen molar-refractivity contribution >= 4 is 13.1 Å². The van der Waals surface area contributed by atoms with Crippen LogP contribution < -0.4 is 0 Å². The lowest BCUT2D eigenvalue weighted by molar-refractivity contribution is -0.143. The van der Waals surface area contributed by atoms with Crippen molar-refractivity contribution in [3.8, 4) is 0 Å². The molecule has 96 valence electrons. The third kappa shape index (κ3) is 3.58. The van der Waals surface area contributed by atoms with Crippen molar-refractivity contribution in [1.29, 1.82) is 0 Å². The van der Waals surface area contributed by atoms with E-state index in [0.29, 0.717) is 0 Å². The molecule has 0 spiro atoms. The minimum Gasteiger partial charge on any atom is -0.459 e. The lowest BCUT2D eigenvalue weighted by Gasteiger charge is -2.32. The van der Waals surface area contributed by atoms with Gasteiger partial charge >= 0.3 is 13.1 Å². The second-order valence-electron chi connectivity index (χ2n) is 5.32. The summed E-state index contributed by atoms with van der Waals surface area (Å²) in [5.41, 5.74) is -0.681. The van der Waals surface area contributed by atoms with E-state index in [1.165, 1.54) is 6.92 Å². The first kappa shape index (κ1) is 14.3. The SMILES string of the molecule is CC(=O)O[C@@H](C)/C=C/B1OC(C)(C)C(C)(C)O1. The van der Waals surface area contributed by atoms with Crippen LogP contribution in [0.25, 0.3) is 0 Å². The van der Waals surface area contributed by atoms with Crippen molar-refractivity contribution in [2.24, 2.45) is 0 Å². The van der Waals surface area contributed by atoms with E-state index in [0.717, 1.165) is 0 Å². The Hall–Kier alpha value is -0.805. The number of carbonyl (C=O) groups is 1. The van der Waals surface area contributed by atoms with E-state index in [1.807, 2.05) is 27.7 Å². The predicted molar refractivity (Wildman–Crippen MR) is 66.5 cm³/mol. The Bertz CT molecular complexity index is 306. The molecule has 0 aliphatic carbocycles. The summed E-state index contributed by atoms with van der Waals surface area (Å²) in [5.74, 6) is 1.49. The summed E-state index contributed by atoms with van der Waals surface area (Å²) in [6.07, 6.45) is 1.50. The Morgan fingerprint density at radius 2 is 1.71 bits per heavy atom. The van der Waals surface area contributed by atoms with Crippen molar-refractivity contribution in [2.75, 3.05) is 0 Å². The second kappa shape index (κ2) is 4.82. The van der Waals surface area contributed by atoms with Crippen molar-refractivity contribution < 1.29 is 18.8 Å². The van der Waals surface area contributed by atoms with Crippen LogP contribution in [0.4, 0.5) is 0 Å². The molecule has 1 aliphatic heterocycles. The maximum absolute atomic E-state index is 10.7. The van der Waals surface area contributed by atoms with Gasteiger partial charge in [0.25, 0.3) is 0 Å². The fraction of sp³-hybridized carbons (Fsp3) is 0.750. The maximum Gasteiger partial charge on any atom is 0.486 e. The number of hydrogen-bond acceptors (Lipinski definition) is 4. The average Bonchev–Trinajstić information content (AvgIpc) is 2.31. The van der Waals surface area contributed by atoms with Crippen LogP contribution in [0.5, 0.6) is 0 Å². The monoisotopic (exact) mass is 240 g/mol. The number of esters is 1. The van der Waals surface area contributed by atoms with E-state index in [-0.39, 0.29) is 23.3 Å². The average molecular weight is 240 g/mol. The molecule has 1 saturated heterocycles. The van der Waals surface area contributed by atoms with Crippen molar-refractivity contribution in [3.05, 3.63) is 12.1 Å². The Labute approximate surface area is 103 Å². The summed E-state index contributed by atoms with van der Waals surface area (Å²) in [5, 5.41) is 0. The second-order valence-corrected chi connectivity index (χ2v) is 5.32. The molecular formula is C12H21BO4. The number of ether oxygens (including phenoxy) is 1. The first-order valence-electron chi connectivity index (χ1n) is 5.85. The van der Waals surface area contributed by atoms with Crippen LogP contribution in [0, 0.1) is 0 Å². The van der Waals surface area contributed by atoms with Gasteiger partial charge in [-0.25, -0.2) is 0 Å². The maximum atomic E-state index is 10.7. The summed E-state index contributed by atoms with van der Waals surface area (Å²) in [6.45, 7) is 11.2. The Balaban J connectivity index is 2.56. The standard InChI is InChI=1S/C12H21BO4/c1-9(15-10(2)14)7-8-13-16-11(3,4)12(5,6)17-13/h7-9H,1-6H3/b8-7+/t9-/m0/s1. The molecule has 0 radical (unpaired) electrons. The Morgan fingerprint density at radius 1 is 1.24 bits per heavy atom. The molecule has 1 aliphatic rings. The molecule has 0 aromatic heterocycles. The summed E-state index contributed by atoms with van der Waals surface area (Å²) < 4.78 is 16.5.